The predicted octanol–water partition coefficient (Wildman–Crippen LogP) is 4.85. The van der Waals surface area contributed by atoms with E-state index in [4.69, 9.17) is 0 Å². The lowest BCUT2D eigenvalue weighted by Crippen LogP contribution is -2.22. The molecule has 6 heteroatoms. The van der Waals surface area contributed by atoms with Crippen LogP contribution in [-0.2, 0) is 4.79 Å². The largest absolute Gasteiger partial charge is 0.325 e. The van der Waals surface area contributed by atoms with E-state index in [0.29, 0.717) is 10.6 Å². The Bertz CT molecular complexity index is 649. The van der Waals surface area contributed by atoms with Crippen LogP contribution in [0, 0.1) is 11.6 Å². The van der Waals surface area contributed by atoms with Gasteiger partial charge in [-0.1, -0.05) is 15.9 Å². The van der Waals surface area contributed by atoms with Gasteiger partial charge < -0.3 is 5.32 Å². The fourth-order valence-electron chi connectivity index (χ4n) is 1.58. The first-order valence-electron chi connectivity index (χ1n) is 6.14. The maximum Gasteiger partial charge on any atom is 0.237 e. The summed E-state index contributed by atoms with van der Waals surface area (Å²) in [7, 11) is 0. The fourth-order valence-corrected chi connectivity index (χ4v) is 2.74. The van der Waals surface area contributed by atoms with Gasteiger partial charge in [0.2, 0.25) is 5.91 Å². The third-order valence-corrected chi connectivity index (χ3v) is 4.31. The minimum absolute atomic E-state index is 0.202. The lowest BCUT2D eigenvalue weighted by atomic mass is 10.3. The van der Waals surface area contributed by atoms with Crippen LogP contribution < -0.4 is 5.32 Å². The number of hydrogen-bond donors (Lipinski definition) is 1. The van der Waals surface area contributed by atoms with E-state index >= 15 is 0 Å². The van der Waals surface area contributed by atoms with Gasteiger partial charge in [0.05, 0.1) is 5.25 Å². The molecule has 1 N–H and O–H groups in total. The lowest BCUT2D eigenvalue weighted by molar-refractivity contribution is -0.115. The van der Waals surface area contributed by atoms with Crippen molar-refractivity contribution in [2.24, 2.45) is 0 Å². The Morgan fingerprint density at radius 2 is 1.81 bits per heavy atom. The normalized spacial score (nSPS) is 12.0. The Hall–Kier alpha value is -1.40. The Labute approximate surface area is 134 Å². The number of carbonyl (C=O) groups is 1. The van der Waals surface area contributed by atoms with Crippen LogP contribution >= 0.6 is 27.7 Å². The van der Waals surface area contributed by atoms with Crippen molar-refractivity contribution in [3.8, 4) is 0 Å². The van der Waals surface area contributed by atoms with E-state index in [1.807, 2.05) is 12.1 Å². The number of carbonyl (C=O) groups excluding carboxylic acids is 1. The van der Waals surface area contributed by atoms with Crippen molar-refractivity contribution in [2.75, 3.05) is 5.32 Å². The molecule has 1 amide bonds. The zero-order valence-electron chi connectivity index (χ0n) is 11.1. The first kappa shape index (κ1) is 16.0. The van der Waals surface area contributed by atoms with Crippen LogP contribution in [0.4, 0.5) is 14.5 Å². The lowest BCUT2D eigenvalue weighted by Gasteiger charge is -2.12. The average Bonchev–Trinajstić information content (AvgIpc) is 2.45. The zero-order valence-corrected chi connectivity index (χ0v) is 13.5. The Balaban J connectivity index is 1.98. The second-order valence-corrected chi connectivity index (χ2v) is 6.66. The number of rotatable bonds is 4. The molecule has 0 aromatic heterocycles. The molecule has 0 bridgehead atoms. The molecule has 1 unspecified atom stereocenters. The SMILES string of the molecule is CC(Sc1ccc(F)c(F)c1)C(=O)Nc1ccc(Br)cc1. The van der Waals surface area contributed by atoms with Crippen molar-refractivity contribution in [1.82, 2.24) is 0 Å². The summed E-state index contributed by atoms with van der Waals surface area (Å²) in [4.78, 5) is 12.5. The summed E-state index contributed by atoms with van der Waals surface area (Å²) in [5.74, 6) is -2.01. The van der Waals surface area contributed by atoms with Crippen LogP contribution in [0.25, 0.3) is 0 Å². The van der Waals surface area contributed by atoms with Gasteiger partial charge in [0, 0.05) is 15.1 Å². The number of thioether (sulfide) groups is 1. The van der Waals surface area contributed by atoms with Gasteiger partial charge in [0.25, 0.3) is 0 Å². The molecular weight excluding hydrogens is 360 g/mol. The second kappa shape index (κ2) is 7.04. The van der Waals surface area contributed by atoms with Crippen molar-refractivity contribution in [3.63, 3.8) is 0 Å². The van der Waals surface area contributed by atoms with Gasteiger partial charge in [0.1, 0.15) is 0 Å². The van der Waals surface area contributed by atoms with E-state index < -0.39 is 16.9 Å². The molecule has 0 aliphatic heterocycles. The van der Waals surface area contributed by atoms with Crippen molar-refractivity contribution in [1.29, 1.82) is 0 Å². The number of nitrogens with one attached hydrogen (secondary N) is 1. The van der Waals surface area contributed by atoms with Crippen molar-refractivity contribution in [3.05, 3.63) is 58.6 Å². The molecule has 0 spiro atoms. The molecule has 0 radical (unpaired) electrons. The summed E-state index contributed by atoms with van der Waals surface area (Å²) >= 11 is 4.48. The maximum absolute atomic E-state index is 13.1. The molecule has 0 heterocycles. The number of halogens is 3. The highest BCUT2D eigenvalue weighted by Gasteiger charge is 2.15. The molecule has 2 nitrogen and oxygen atoms in total. The number of amides is 1. The molecule has 2 aromatic carbocycles. The summed E-state index contributed by atoms with van der Waals surface area (Å²) in [6.07, 6.45) is 0. The number of anilines is 1. The van der Waals surface area contributed by atoms with Gasteiger partial charge in [0.15, 0.2) is 11.6 Å². The summed E-state index contributed by atoms with van der Waals surface area (Å²) < 4.78 is 26.9. The Morgan fingerprint density at radius 1 is 1.14 bits per heavy atom. The highest BCUT2D eigenvalue weighted by Crippen LogP contribution is 2.26. The molecule has 21 heavy (non-hydrogen) atoms. The number of benzene rings is 2. The van der Waals surface area contributed by atoms with Crippen LogP contribution in [-0.4, -0.2) is 11.2 Å². The van der Waals surface area contributed by atoms with Crippen LogP contribution in [0.5, 0.6) is 0 Å². The molecule has 1 atom stereocenters. The molecule has 110 valence electrons. The minimum Gasteiger partial charge on any atom is -0.325 e. The molecule has 0 aliphatic carbocycles. The fraction of sp³-hybridized carbons (Fsp3) is 0.133. The van der Waals surface area contributed by atoms with Gasteiger partial charge in [-0.3, -0.25) is 4.79 Å². The van der Waals surface area contributed by atoms with Crippen LogP contribution in [0.1, 0.15) is 6.92 Å². The predicted molar refractivity (Wildman–Crippen MR) is 84.4 cm³/mol. The van der Waals surface area contributed by atoms with Crippen LogP contribution in [0.2, 0.25) is 0 Å². The van der Waals surface area contributed by atoms with E-state index in [-0.39, 0.29) is 5.91 Å². The van der Waals surface area contributed by atoms with Crippen molar-refractivity contribution < 1.29 is 13.6 Å². The van der Waals surface area contributed by atoms with E-state index in [1.54, 1.807) is 19.1 Å². The smallest absolute Gasteiger partial charge is 0.237 e. The molecule has 0 saturated carbocycles. The van der Waals surface area contributed by atoms with Gasteiger partial charge >= 0.3 is 0 Å². The van der Waals surface area contributed by atoms with Crippen LogP contribution in [0.15, 0.2) is 51.8 Å². The maximum atomic E-state index is 13.1. The third kappa shape index (κ3) is 4.54. The van der Waals surface area contributed by atoms with E-state index in [1.165, 1.54) is 17.8 Å². The van der Waals surface area contributed by atoms with Crippen molar-refractivity contribution >= 4 is 39.3 Å². The monoisotopic (exact) mass is 371 g/mol. The minimum atomic E-state index is -0.916. The zero-order chi connectivity index (χ0) is 15.4. The standard InChI is InChI=1S/C15H12BrF2NOS/c1-9(21-12-6-7-13(17)14(18)8-12)15(20)19-11-4-2-10(16)3-5-11/h2-9H,1H3,(H,19,20). The Kier molecular flexibility index (Phi) is 5.36. The summed E-state index contributed by atoms with van der Waals surface area (Å²) in [5.41, 5.74) is 0.681. The molecule has 2 rings (SSSR count). The van der Waals surface area contributed by atoms with E-state index in [0.717, 1.165) is 16.6 Å². The van der Waals surface area contributed by atoms with E-state index in [2.05, 4.69) is 21.2 Å². The molecule has 0 fully saturated rings. The number of hydrogen-bond acceptors (Lipinski definition) is 2. The van der Waals surface area contributed by atoms with E-state index in [9.17, 15) is 13.6 Å². The molecular formula is C15H12BrF2NOS. The molecule has 2 aromatic rings. The summed E-state index contributed by atoms with van der Waals surface area (Å²) in [5, 5.41) is 2.33. The van der Waals surface area contributed by atoms with Crippen LogP contribution in [0.3, 0.4) is 0 Å². The topological polar surface area (TPSA) is 29.1 Å². The summed E-state index contributed by atoms with van der Waals surface area (Å²) in [6.45, 7) is 1.71. The first-order chi connectivity index (χ1) is 9.95. The van der Waals surface area contributed by atoms with Gasteiger partial charge in [-0.25, -0.2) is 8.78 Å². The highest BCUT2D eigenvalue weighted by molar-refractivity contribution is 9.10. The molecule has 0 aliphatic rings. The quantitative estimate of drug-likeness (QED) is 0.778. The summed E-state index contributed by atoms with van der Waals surface area (Å²) in [6, 6.07) is 10.8. The van der Waals surface area contributed by atoms with Gasteiger partial charge in [-0.2, -0.15) is 0 Å². The second-order valence-electron chi connectivity index (χ2n) is 4.33. The molecule has 0 saturated heterocycles. The first-order valence-corrected chi connectivity index (χ1v) is 7.81. The van der Waals surface area contributed by atoms with Crippen molar-refractivity contribution in [2.45, 2.75) is 17.1 Å². The third-order valence-electron chi connectivity index (χ3n) is 2.68. The van der Waals surface area contributed by atoms with Gasteiger partial charge in [-0.05, 0) is 49.4 Å². The Morgan fingerprint density at radius 3 is 2.43 bits per heavy atom. The van der Waals surface area contributed by atoms with Gasteiger partial charge in [-0.15, -0.1) is 11.8 Å². The average molecular weight is 372 g/mol. The highest BCUT2D eigenvalue weighted by atomic mass is 79.9.